The van der Waals surface area contributed by atoms with Crippen LogP contribution in [0, 0.1) is 17.5 Å². The van der Waals surface area contributed by atoms with Crippen LogP contribution in [-0.2, 0) is 16.1 Å². The number of amides is 1. The molecule has 0 bridgehead atoms. The maximum Gasteiger partial charge on any atom is 0.415 e. The lowest BCUT2D eigenvalue weighted by molar-refractivity contribution is -0.109. The van der Waals surface area contributed by atoms with E-state index in [4.69, 9.17) is 18.9 Å². The number of benzene rings is 2. The van der Waals surface area contributed by atoms with Gasteiger partial charge in [-0.25, -0.2) is 18.0 Å². The van der Waals surface area contributed by atoms with E-state index in [1.165, 1.54) is 11.8 Å². The molecule has 0 aromatic heterocycles. The zero-order valence-electron chi connectivity index (χ0n) is 18.2. The number of hydrogen-bond donors (Lipinski definition) is 0. The number of halogens is 3. The smallest absolute Gasteiger partial charge is 0.415 e. The van der Waals surface area contributed by atoms with Crippen LogP contribution in [0.2, 0.25) is 0 Å². The number of carbonyl (C=O) groups excluding carboxylic acids is 2. The second-order valence-corrected chi connectivity index (χ2v) is 9.27. The van der Waals surface area contributed by atoms with Gasteiger partial charge in [0.25, 0.3) is 0 Å². The zero-order valence-corrected chi connectivity index (χ0v) is 19.0. The number of nitrogens with zero attached hydrogens (tertiary/aromatic N) is 1. The van der Waals surface area contributed by atoms with Crippen LogP contribution in [0.4, 0.5) is 18.0 Å². The minimum Gasteiger partial charge on any atom is -0.486 e. The third-order valence-corrected chi connectivity index (χ3v) is 6.33. The molecule has 2 aliphatic heterocycles. The Labute approximate surface area is 198 Å². The van der Waals surface area contributed by atoms with E-state index in [2.05, 4.69) is 0 Å². The Morgan fingerprint density at radius 3 is 2.68 bits per heavy atom. The van der Waals surface area contributed by atoms with Crippen molar-refractivity contribution in [2.24, 2.45) is 0 Å². The second kappa shape index (κ2) is 10.6. The van der Waals surface area contributed by atoms with Crippen LogP contribution in [-0.4, -0.2) is 53.8 Å². The van der Waals surface area contributed by atoms with Crippen molar-refractivity contribution >= 4 is 23.0 Å². The number of likely N-dealkylation sites (tertiary alicyclic amines) is 1. The molecule has 2 aromatic carbocycles. The lowest BCUT2D eigenvalue weighted by Crippen LogP contribution is -2.40. The van der Waals surface area contributed by atoms with E-state index in [1.54, 1.807) is 18.2 Å². The van der Waals surface area contributed by atoms with Crippen molar-refractivity contribution in [3.8, 4) is 17.2 Å². The maximum absolute atomic E-state index is 13.9. The Hall–Kier alpha value is -2.92. The van der Waals surface area contributed by atoms with Gasteiger partial charge in [-0.05, 0) is 24.6 Å². The van der Waals surface area contributed by atoms with Gasteiger partial charge in [0.1, 0.15) is 19.0 Å². The van der Waals surface area contributed by atoms with Gasteiger partial charge in [0, 0.05) is 30.3 Å². The number of carbonyl (C=O) groups is 2. The Morgan fingerprint density at radius 1 is 1.12 bits per heavy atom. The first-order valence-electron chi connectivity index (χ1n) is 10.6. The SMILES string of the molecule is CC(=O)S[C@@H]1C[C@@H](COCc2cc(F)c(F)cc2F)N(C(=O)Oc2cccc3c2OCCO3)C1. The predicted octanol–water partition coefficient (Wildman–Crippen LogP) is 4.31. The summed E-state index contributed by atoms with van der Waals surface area (Å²) in [5, 5.41) is -0.269. The van der Waals surface area contributed by atoms with Crippen LogP contribution in [0.5, 0.6) is 17.2 Å². The summed E-state index contributed by atoms with van der Waals surface area (Å²) in [4.78, 5) is 26.0. The van der Waals surface area contributed by atoms with E-state index in [9.17, 15) is 22.8 Å². The molecule has 0 radical (unpaired) electrons. The molecule has 11 heteroatoms. The van der Waals surface area contributed by atoms with Gasteiger partial charge >= 0.3 is 6.09 Å². The second-order valence-electron chi connectivity index (χ2n) is 7.79. The summed E-state index contributed by atoms with van der Waals surface area (Å²) < 4.78 is 62.6. The molecule has 0 spiro atoms. The molecule has 2 aromatic rings. The van der Waals surface area contributed by atoms with Gasteiger partial charge in [-0.1, -0.05) is 17.8 Å². The highest BCUT2D eigenvalue weighted by Gasteiger charge is 2.38. The first-order valence-corrected chi connectivity index (χ1v) is 11.4. The summed E-state index contributed by atoms with van der Waals surface area (Å²) in [6.07, 6.45) is -0.228. The van der Waals surface area contributed by atoms with Crippen molar-refractivity contribution in [2.75, 3.05) is 26.4 Å². The van der Waals surface area contributed by atoms with Crippen LogP contribution < -0.4 is 14.2 Å². The summed E-state index contributed by atoms with van der Waals surface area (Å²) in [7, 11) is 0. The number of thioether (sulfide) groups is 1. The molecule has 1 fully saturated rings. The normalized spacial score (nSPS) is 19.2. The van der Waals surface area contributed by atoms with Gasteiger partial charge in [-0.15, -0.1) is 0 Å². The summed E-state index contributed by atoms with van der Waals surface area (Å²) in [6.45, 7) is 2.05. The van der Waals surface area contributed by atoms with Crippen molar-refractivity contribution in [3.05, 3.63) is 53.3 Å². The van der Waals surface area contributed by atoms with E-state index in [0.29, 0.717) is 37.2 Å². The largest absolute Gasteiger partial charge is 0.486 e. The molecule has 2 aliphatic rings. The number of ether oxygens (including phenoxy) is 4. The molecule has 0 aliphatic carbocycles. The van der Waals surface area contributed by atoms with Gasteiger partial charge in [-0.3, -0.25) is 4.79 Å². The average molecular weight is 497 g/mol. The summed E-state index contributed by atoms with van der Waals surface area (Å²) in [5.74, 6) is -2.39. The van der Waals surface area contributed by atoms with E-state index >= 15 is 0 Å². The molecule has 34 heavy (non-hydrogen) atoms. The first-order chi connectivity index (χ1) is 16.3. The molecular weight excluding hydrogens is 475 g/mol. The van der Waals surface area contributed by atoms with Gasteiger partial charge in [0.15, 0.2) is 28.2 Å². The molecule has 1 saturated heterocycles. The van der Waals surface area contributed by atoms with Crippen LogP contribution in [0.15, 0.2) is 30.3 Å². The van der Waals surface area contributed by atoms with E-state index in [1.807, 2.05) is 0 Å². The molecule has 2 heterocycles. The lowest BCUT2D eigenvalue weighted by atomic mass is 10.2. The Bertz CT molecular complexity index is 1080. The van der Waals surface area contributed by atoms with Crippen LogP contribution >= 0.6 is 11.8 Å². The average Bonchev–Trinajstić information content (AvgIpc) is 3.19. The Kier molecular flexibility index (Phi) is 7.52. The molecule has 182 valence electrons. The van der Waals surface area contributed by atoms with Gasteiger partial charge < -0.3 is 23.8 Å². The Balaban J connectivity index is 1.44. The molecule has 0 saturated carbocycles. The third kappa shape index (κ3) is 5.58. The van der Waals surface area contributed by atoms with Crippen molar-refractivity contribution < 1.29 is 41.7 Å². The highest BCUT2D eigenvalue weighted by atomic mass is 32.2. The standard InChI is InChI=1S/C23H22F3NO6S/c1-13(28)34-16-8-15(12-30-11-14-7-18(25)19(26)9-17(14)24)27(10-16)23(29)33-21-4-2-3-20-22(21)32-6-5-31-20/h2-4,7,9,15-16H,5-6,8,10-12H2,1H3/t15-,16+/m0/s1. The lowest BCUT2D eigenvalue weighted by Gasteiger charge is -2.25. The van der Waals surface area contributed by atoms with Crippen LogP contribution in [0.3, 0.4) is 0 Å². The number of hydrogen-bond acceptors (Lipinski definition) is 7. The topological polar surface area (TPSA) is 74.3 Å². The molecule has 0 N–H and O–H groups in total. The van der Waals surface area contributed by atoms with Crippen molar-refractivity contribution in [3.63, 3.8) is 0 Å². The molecule has 7 nitrogen and oxygen atoms in total. The quantitative estimate of drug-likeness (QED) is 0.551. The first kappa shape index (κ1) is 24.2. The Morgan fingerprint density at radius 2 is 1.88 bits per heavy atom. The third-order valence-electron chi connectivity index (χ3n) is 5.33. The minimum atomic E-state index is -1.28. The van der Waals surface area contributed by atoms with Crippen molar-refractivity contribution in [1.82, 2.24) is 4.90 Å². The van der Waals surface area contributed by atoms with Gasteiger partial charge in [0.2, 0.25) is 5.75 Å². The zero-order chi connectivity index (χ0) is 24.2. The number of fused-ring (bicyclic) bond motifs is 1. The molecular formula is C23H22F3NO6S. The maximum atomic E-state index is 13.9. The molecule has 0 unspecified atom stereocenters. The highest BCUT2D eigenvalue weighted by molar-refractivity contribution is 8.14. The predicted molar refractivity (Wildman–Crippen MR) is 117 cm³/mol. The fourth-order valence-corrected chi connectivity index (χ4v) is 4.86. The molecule has 2 atom stereocenters. The van der Waals surface area contributed by atoms with Crippen LogP contribution in [0.1, 0.15) is 18.9 Å². The summed E-state index contributed by atoms with van der Waals surface area (Å²) in [5.41, 5.74) is -0.145. The van der Waals surface area contributed by atoms with Crippen molar-refractivity contribution in [1.29, 1.82) is 0 Å². The summed E-state index contributed by atoms with van der Waals surface area (Å²) in [6, 6.07) is 5.68. The van der Waals surface area contributed by atoms with E-state index in [0.717, 1.165) is 17.8 Å². The van der Waals surface area contributed by atoms with E-state index in [-0.39, 0.29) is 41.4 Å². The monoisotopic (exact) mass is 497 g/mol. The van der Waals surface area contributed by atoms with Crippen molar-refractivity contribution in [2.45, 2.75) is 31.2 Å². The molecule has 1 amide bonds. The molecule has 4 rings (SSSR count). The van der Waals surface area contributed by atoms with Gasteiger partial charge in [0.05, 0.1) is 19.3 Å². The van der Waals surface area contributed by atoms with Crippen LogP contribution in [0.25, 0.3) is 0 Å². The number of rotatable bonds is 6. The fourth-order valence-electron chi connectivity index (χ4n) is 3.83. The highest BCUT2D eigenvalue weighted by Crippen LogP contribution is 2.39. The van der Waals surface area contributed by atoms with Gasteiger partial charge in [-0.2, -0.15) is 0 Å². The fraction of sp³-hybridized carbons (Fsp3) is 0.391. The minimum absolute atomic E-state index is 0.0188. The number of para-hydroxylation sites is 1. The summed E-state index contributed by atoms with van der Waals surface area (Å²) >= 11 is 1.11. The van der Waals surface area contributed by atoms with E-state index < -0.39 is 29.6 Å².